The van der Waals surface area contributed by atoms with Gasteiger partial charge in [0.1, 0.15) is 0 Å². The standard InChI is InChI=1S/C7H10Cl3NO/c1-4(2)5(3)11-6(12)7(8,9)10/h5H,1H2,2-3H3,(H,11,12). The molecule has 0 aromatic heterocycles. The van der Waals surface area contributed by atoms with Gasteiger partial charge < -0.3 is 5.32 Å². The molecule has 0 fully saturated rings. The van der Waals surface area contributed by atoms with Crippen molar-refractivity contribution in [2.75, 3.05) is 0 Å². The van der Waals surface area contributed by atoms with E-state index in [-0.39, 0.29) is 6.04 Å². The molecule has 5 heteroatoms. The summed E-state index contributed by atoms with van der Waals surface area (Å²) in [6.45, 7) is 7.19. The molecule has 1 atom stereocenters. The summed E-state index contributed by atoms with van der Waals surface area (Å²) in [7, 11) is 0. The Morgan fingerprint density at radius 3 is 2.17 bits per heavy atom. The molecule has 0 saturated heterocycles. The minimum absolute atomic E-state index is 0.187. The van der Waals surface area contributed by atoms with E-state index >= 15 is 0 Å². The van der Waals surface area contributed by atoms with Crippen molar-refractivity contribution in [3.8, 4) is 0 Å². The van der Waals surface area contributed by atoms with E-state index in [0.717, 1.165) is 5.57 Å². The molecule has 0 aliphatic heterocycles. The highest BCUT2D eigenvalue weighted by molar-refractivity contribution is 6.76. The van der Waals surface area contributed by atoms with Crippen LogP contribution in [-0.4, -0.2) is 15.7 Å². The predicted molar refractivity (Wildman–Crippen MR) is 52.7 cm³/mol. The molecule has 0 bridgehead atoms. The van der Waals surface area contributed by atoms with Gasteiger partial charge in [0.05, 0.1) is 0 Å². The van der Waals surface area contributed by atoms with Crippen LogP contribution in [0, 0.1) is 0 Å². The highest BCUT2D eigenvalue weighted by Crippen LogP contribution is 2.26. The third-order valence-electron chi connectivity index (χ3n) is 1.34. The molecule has 1 unspecified atom stereocenters. The Hall–Kier alpha value is 0.0800. The fraction of sp³-hybridized carbons (Fsp3) is 0.571. The second-order valence-corrected chi connectivity index (χ2v) is 4.82. The summed E-state index contributed by atoms with van der Waals surface area (Å²) >= 11 is 16.0. The zero-order valence-corrected chi connectivity index (χ0v) is 9.09. The largest absolute Gasteiger partial charge is 0.346 e. The van der Waals surface area contributed by atoms with Crippen LogP contribution >= 0.6 is 34.8 Å². The molecule has 0 radical (unpaired) electrons. The van der Waals surface area contributed by atoms with E-state index < -0.39 is 9.70 Å². The smallest absolute Gasteiger partial charge is 0.272 e. The fourth-order valence-electron chi connectivity index (χ4n) is 0.402. The third kappa shape index (κ3) is 4.19. The molecule has 0 aliphatic rings. The summed E-state index contributed by atoms with van der Waals surface area (Å²) in [5, 5.41) is 2.48. The Labute approximate surface area is 86.9 Å². The number of halogens is 3. The average Bonchev–Trinajstić information content (AvgIpc) is 1.85. The van der Waals surface area contributed by atoms with Crippen molar-refractivity contribution in [3.05, 3.63) is 12.2 Å². The summed E-state index contributed by atoms with van der Waals surface area (Å²) in [5.41, 5.74) is 0.803. The summed E-state index contributed by atoms with van der Waals surface area (Å²) < 4.78 is -1.90. The van der Waals surface area contributed by atoms with Gasteiger partial charge in [0.2, 0.25) is 0 Å². The van der Waals surface area contributed by atoms with Crippen LogP contribution in [0.4, 0.5) is 0 Å². The highest BCUT2D eigenvalue weighted by Gasteiger charge is 2.31. The Kier molecular flexibility index (Phi) is 4.38. The van der Waals surface area contributed by atoms with Gasteiger partial charge in [-0.25, -0.2) is 0 Å². The third-order valence-corrected chi connectivity index (χ3v) is 1.86. The van der Waals surface area contributed by atoms with Gasteiger partial charge in [-0.15, -0.1) is 0 Å². The molecule has 0 saturated carbocycles. The van der Waals surface area contributed by atoms with Crippen molar-refractivity contribution in [3.63, 3.8) is 0 Å². The van der Waals surface area contributed by atoms with Gasteiger partial charge in [-0.2, -0.15) is 0 Å². The maximum absolute atomic E-state index is 11.0. The predicted octanol–water partition coefficient (Wildman–Crippen LogP) is 2.44. The summed E-state index contributed by atoms with van der Waals surface area (Å²) in [4.78, 5) is 11.0. The summed E-state index contributed by atoms with van der Waals surface area (Å²) in [6, 6.07) is -0.187. The molecule has 70 valence electrons. The van der Waals surface area contributed by atoms with Gasteiger partial charge in [-0.3, -0.25) is 4.79 Å². The molecular weight excluding hydrogens is 220 g/mol. The molecule has 1 N–H and O–H groups in total. The van der Waals surface area contributed by atoms with E-state index in [1.54, 1.807) is 13.8 Å². The van der Waals surface area contributed by atoms with Crippen molar-refractivity contribution >= 4 is 40.7 Å². The van der Waals surface area contributed by atoms with Gasteiger partial charge in [0, 0.05) is 6.04 Å². The van der Waals surface area contributed by atoms with Crippen LogP contribution in [0.25, 0.3) is 0 Å². The second kappa shape index (κ2) is 4.35. The van der Waals surface area contributed by atoms with Crippen molar-refractivity contribution in [1.29, 1.82) is 0 Å². The summed E-state index contributed by atoms with van der Waals surface area (Å²) in [5.74, 6) is -0.636. The number of amides is 1. The molecule has 0 aliphatic carbocycles. The van der Waals surface area contributed by atoms with Crippen molar-refractivity contribution < 1.29 is 4.79 Å². The number of alkyl halides is 3. The highest BCUT2D eigenvalue weighted by atomic mass is 35.6. The lowest BCUT2D eigenvalue weighted by Gasteiger charge is -2.17. The van der Waals surface area contributed by atoms with Crippen LogP contribution in [0.5, 0.6) is 0 Å². The molecule has 2 nitrogen and oxygen atoms in total. The first kappa shape index (κ1) is 12.1. The lowest BCUT2D eigenvalue weighted by Crippen LogP contribution is -2.40. The molecule has 12 heavy (non-hydrogen) atoms. The number of hydrogen-bond acceptors (Lipinski definition) is 1. The van der Waals surface area contributed by atoms with E-state index in [1.807, 2.05) is 0 Å². The van der Waals surface area contributed by atoms with E-state index in [1.165, 1.54) is 0 Å². The Balaban J connectivity index is 4.11. The maximum Gasteiger partial charge on any atom is 0.272 e. The SMILES string of the molecule is C=C(C)C(C)NC(=O)C(Cl)(Cl)Cl. The van der Waals surface area contributed by atoms with Crippen LogP contribution in [-0.2, 0) is 4.79 Å². The first-order chi connectivity index (χ1) is 5.25. The first-order valence-electron chi connectivity index (χ1n) is 3.28. The number of hydrogen-bond donors (Lipinski definition) is 1. The van der Waals surface area contributed by atoms with Crippen LogP contribution < -0.4 is 5.32 Å². The second-order valence-electron chi connectivity index (χ2n) is 2.54. The normalized spacial score (nSPS) is 13.8. The van der Waals surface area contributed by atoms with Crippen LogP contribution in [0.3, 0.4) is 0 Å². The quantitative estimate of drug-likeness (QED) is 0.573. The number of nitrogens with one attached hydrogen (secondary N) is 1. The van der Waals surface area contributed by atoms with Crippen LogP contribution in [0.1, 0.15) is 13.8 Å². The van der Waals surface area contributed by atoms with Gasteiger partial charge in [0.15, 0.2) is 0 Å². The van der Waals surface area contributed by atoms with Gasteiger partial charge in [-0.1, -0.05) is 47.0 Å². The minimum atomic E-state index is -1.90. The fourth-order valence-corrected chi connectivity index (χ4v) is 0.565. The maximum atomic E-state index is 11.0. The average molecular weight is 231 g/mol. The molecule has 0 aromatic rings. The van der Waals surface area contributed by atoms with E-state index in [9.17, 15) is 4.79 Å². The Bertz CT molecular complexity index is 197. The Morgan fingerprint density at radius 1 is 1.50 bits per heavy atom. The minimum Gasteiger partial charge on any atom is -0.346 e. The van der Waals surface area contributed by atoms with Gasteiger partial charge in [-0.05, 0) is 13.8 Å². The molecular formula is C7H10Cl3NO. The lowest BCUT2D eigenvalue weighted by atomic mass is 10.2. The first-order valence-corrected chi connectivity index (χ1v) is 4.41. The van der Waals surface area contributed by atoms with Gasteiger partial charge in [0.25, 0.3) is 9.70 Å². The lowest BCUT2D eigenvalue weighted by molar-refractivity contribution is -0.120. The number of carbonyl (C=O) groups is 1. The number of carbonyl (C=O) groups excluding carboxylic acids is 1. The topological polar surface area (TPSA) is 29.1 Å². The van der Waals surface area contributed by atoms with Crippen molar-refractivity contribution in [2.45, 2.75) is 23.7 Å². The van der Waals surface area contributed by atoms with E-state index in [2.05, 4.69) is 11.9 Å². The summed E-state index contributed by atoms with van der Waals surface area (Å²) in [6.07, 6.45) is 0. The zero-order valence-electron chi connectivity index (χ0n) is 6.83. The molecule has 0 spiro atoms. The zero-order chi connectivity index (χ0) is 9.94. The molecule has 0 aromatic carbocycles. The molecule has 1 amide bonds. The van der Waals surface area contributed by atoms with Crippen LogP contribution in [0.2, 0.25) is 0 Å². The van der Waals surface area contributed by atoms with Crippen LogP contribution in [0.15, 0.2) is 12.2 Å². The van der Waals surface area contributed by atoms with Gasteiger partial charge >= 0.3 is 0 Å². The Morgan fingerprint density at radius 2 is 1.92 bits per heavy atom. The number of rotatable bonds is 2. The van der Waals surface area contributed by atoms with Crippen molar-refractivity contribution in [2.24, 2.45) is 0 Å². The monoisotopic (exact) mass is 229 g/mol. The van der Waals surface area contributed by atoms with E-state index in [4.69, 9.17) is 34.8 Å². The molecule has 0 rings (SSSR count). The van der Waals surface area contributed by atoms with E-state index in [0.29, 0.717) is 0 Å². The molecule has 0 heterocycles. The van der Waals surface area contributed by atoms with Crippen molar-refractivity contribution in [1.82, 2.24) is 5.32 Å².